The van der Waals surface area contributed by atoms with Crippen LogP contribution in [0.3, 0.4) is 0 Å². The highest BCUT2D eigenvalue weighted by atomic mass is 16.7. The molecular formula is C28H42N6O10. The minimum absolute atomic E-state index is 0.0268. The average molecular weight is 623 g/mol. The molecule has 16 heteroatoms. The minimum Gasteiger partial charge on any atom is -0.462 e. The van der Waals surface area contributed by atoms with Gasteiger partial charge in [0.2, 0.25) is 6.79 Å². The molecule has 16 nitrogen and oxygen atoms in total. The molecular weight excluding hydrogens is 580 g/mol. The summed E-state index contributed by atoms with van der Waals surface area (Å²) in [5, 5.41) is 21.2. The number of aromatic nitrogens is 3. The number of rotatable bonds is 10. The smallest absolute Gasteiger partial charge is 0.415 e. The highest BCUT2D eigenvalue weighted by molar-refractivity contribution is 5.88. The van der Waals surface area contributed by atoms with E-state index < -0.39 is 71.7 Å². The lowest BCUT2D eigenvalue weighted by molar-refractivity contribution is -0.163. The molecule has 0 unspecified atom stereocenters. The van der Waals surface area contributed by atoms with Crippen LogP contribution in [0.25, 0.3) is 5.52 Å². The number of hydrogen-bond donors (Lipinski definition) is 4. The highest BCUT2D eigenvalue weighted by Gasteiger charge is 2.58. The van der Waals surface area contributed by atoms with E-state index in [9.17, 15) is 24.3 Å². The molecule has 5 atom stereocenters. The number of carbonyl (C=O) groups is 4. The number of nitrogens with zero attached hydrogens (tertiary/aromatic N) is 3. The molecule has 1 fully saturated rings. The van der Waals surface area contributed by atoms with Gasteiger partial charge in [-0.1, -0.05) is 27.7 Å². The first-order valence-electron chi connectivity index (χ1n) is 14.1. The van der Waals surface area contributed by atoms with Crippen molar-refractivity contribution in [3.05, 3.63) is 24.2 Å². The number of amides is 1. The summed E-state index contributed by atoms with van der Waals surface area (Å²) in [6.07, 6.45) is -3.62. The van der Waals surface area contributed by atoms with Crippen LogP contribution >= 0.6 is 0 Å². The standard InChI is InChI=1S/C28H42N6O10/c1-9-18(35)43-19-16(12-40-23(37)20(29)26(2,3)4)44-28(30-8,21(19)36)17-11-10-15-22(31-13-32-34(15)17)33-25(39)42-14-41-24(38)27(5,6)7/h10-11,13,16,19-21,30,36H,9,12,14,29H2,1-8H3,(H,31,32,33,39)/t16-,19-,20-,21-,28+/m1/s1. The number of likely N-dealkylation sites (N-methyl/N-ethyl adjacent to an activating group) is 1. The van der Waals surface area contributed by atoms with Gasteiger partial charge in [-0.05, 0) is 45.4 Å². The molecule has 0 spiro atoms. The van der Waals surface area contributed by atoms with Crippen LogP contribution < -0.4 is 16.4 Å². The fourth-order valence-electron chi connectivity index (χ4n) is 4.27. The molecule has 1 aliphatic heterocycles. The quantitative estimate of drug-likeness (QED) is 0.166. The average Bonchev–Trinajstić information content (AvgIpc) is 3.50. The first-order chi connectivity index (χ1) is 20.5. The summed E-state index contributed by atoms with van der Waals surface area (Å²) in [6.45, 7) is 11.0. The third-order valence-electron chi connectivity index (χ3n) is 6.98. The predicted octanol–water partition coefficient (Wildman–Crippen LogP) is 1.19. The van der Waals surface area contributed by atoms with E-state index in [2.05, 4.69) is 20.7 Å². The summed E-state index contributed by atoms with van der Waals surface area (Å²) in [6, 6.07) is 2.19. The zero-order chi connectivity index (χ0) is 33.0. The lowest BCUT2D eigenvalue weighted by Crippen LogP contribution is -2.51. The van der Waals surface area contributed by atoms with Crippen molar-refractivity contribution in [2.75, 3.05) is 25.8 Å². The van der Waals surface area contributed by atoms with Crippen LogP contribution in [-0.2, 0) is 43.8 Å². The summed E-state index contributed by atoms with van der Waals surface area (Å²) >= 11 is 0. The lowest BCUT2D eigenvalue weighted by Gasteiger charge is -2.31. The van der Waals surface area contributed by atoms with Gasteiger partial charge in [-0.2, -0.15) is 5.10 Å². The third-order valence-corrected chi connectivity index (χ3v) is 6.98. The van der Waals surface area contributed by atoms with E-state index in [1.165, 1.54) is 11.6 Å². The molecule has 0 aromatic carbocycles. The summed E-state index contributed by atoms with van der Waals surface area (Å²) < 4.78 is 28.5. The van der Waals surface area contributed by atoms with Crippen molar-refractivity contribution >= 4 is 35.3 Å². The molecule has 0 saturated carbocycles. The molecule has 44 heavy (non-hydrogen) atoms. The van der Waals surface area contributed by atoms with Gasteiger partial charge in [-0.3, -0.25) is 25.0 Å². The van der Waals surface area contributed by atoms with Gasteiger partial charge in [-0.15, -0.1) is 0 Å². The lowest BCUT2D eigenvalue weighted by atomic mass is 9.87. The van der Waals surface area contributed by atoms with Gasteiger partial charge in [-0.25, -0.2) is 14.3 Å². The van der Waals surface area contributed by atoms with Crippen LogP contribution in [0, 0.1) is 10.8 Å². The van der Waals surface area contributed by atoms with Gasteiger partial charge in [0, 0.05) is 6.42 Å². The van der Waals surface area contributed by atoms with Crippen LogP contribution in [-0.4, -0.2) is 88.5 Å². The fraction of sp³-hybridized carbons (Fsp3) is 0.643. The highest BCUT2D eigenvalue weighted by Crippen LogP contribution is 2.40. The second kappa shape index (κ2) is 13.4. The Hall–Kier alpha value is -3.86. The van der Waals surface area contributed by atoms with Crippen molar-refractivity contribution < 1.29 is 48.0 Å². The number of nitrogens with one attached hydrogen (secondary N) is 2. The second-order valence-electron chi connectivity index (χ2n) is 12.3. The van der Waals surface area contributed by atoms with Crippen molar-refractivity contribution in [3.63, 3.8) is 0 Å². The van der Waals surface area contributed by atoms with E-state index in [-0.39, 0.29) is 30.1 Å². The molecule has 244 valence electrons. The molecule has 0 bridgehead atoms. The molecule has 0 aliphatic carbocycles. The summed E-state index contributed by atoms with van der Waals surface area (Å²) in [4.78, 5) is 53.3. The number of carbonyl (C=O) groups excluding carboxylic acids is 4. The van der Waals surface area contributed by atoms with E-state index in [0.717, 1.165) is 6.33 Å². The molecule has 3 rings (SSSR count). The van der Waals surface area contributed by atoms with E-state index in [4.69, 9.17) is 29.4 Å². The SMILES string of the molecule is CCC(=O)O[C@H]1[C@@H](O)[C@](NC)(c2ccc3c(NC(=O)OCOC(=O)C(C)(C)C)ncnn23)O[C@@H]1COC(=O)[C@@H](N)C(C)(C)C. The monoisotopic (exact) mass is 622 g/mol. The fourth-order valence-corrected chi connectivity index (χ4v) is 4.27. The zero-order valence-electron chi connectivity index (χ0n) is 26.2. The van der Waals surface area contributed by atoms with Crippen LogP contribution in [0.4, 0.5) is 10.6 Å². The molecule has 2 aromatic heterocycles. The van der Waals surface area contributed by atoms with Gasteiger partial charge in [0.05, 0.1) is 11.1 Å². The Labute approximate surface area is 254 Å². The zero-order valence-corrected chi connectivity index (χ0v) is 26.2. The van der Waals surface area contributed by atoms with E-state index in [1.807, 2.05) is 0 Å². The number of aliphatic hydroxyl groups is 1. The van der Waals surface area contributed by atoms with Gasteiger partial charge in [0.1, 0.15) is 36.7 Å². The van der Waals surface area contributed by atoms with Crippen molar-refractivity contribution in [1.29, 1.82) is 0 Å². The predicted molar refractivity (Wildman–Crippen MR) is 154 cm³/mol. The molecule has 1 saturated heterocycles. The topological polar surface area (TPSA) is 215 Å². The number of fused-ring (bicyclic) bond motifs is 1. The van der Waals surface area contributed by atoms with Crippen molar-refractivity contribution in [2.45, 2.75) is 85.0 Å². The first kappa shape index (κ1) is 34.6. The van der Waals surface area contributed by atoms with Gasteiger partial charge < -0.3 is 34.5 Å². The third kappa shape index (κ3) is 7.43. The van der Waals surface area contributed by atoms with E-state index in [0.29, 0.717) is 0 Å². The van der Waals surface area contributed by atoms with Gasteiger partial charge >= 0.3 is 24.0 Å². The largest absolute Gasteiger partial charge is 0.462 e. The number of hydrogen-bond acceptors (Lipinski definition) is 14. The number of anilines is 1. The van der Waals surface area contributed by atoms with E-state index >= 15 is 0 Å². The van der Waals surface area contributed by atoms with Gasteiger partial charge in [0.25, 0.3) is 0 Å². The Balaban J connectivity index is 1.87. The summed E-state index contributed by atoms with van der Waals surface area (Å²) in [5.74, 6) is -1.80. The van der Waals surface area contributed by atoms with Crippen LogP contribution in [0.2, 0.25) is 0 Å². The number of ether oxygens (including phenoxy) is 5. The number of nitrogens with two attached hydrogens (primary N) is 1. The Morgan fingerprint density at radius 2 is 1.82 bits per heavy atom. The number of aliphatic hydroxyl groups excluding tert-OH is 1. The van der Waals surface area contributed by atoms with Crippen molar-refractivity contribution in [1.82, 2.24) is 19.9 Å². The Morgan fingerprint density at radius 3 is 2.41 bits per heavy atom. The van der Waals surface area contributed by atoms with Crippen LogP contribution in [0.1, 0.15) is 60.6 Å². The maximum absolute atomic E-state index is 12.6. The van der Waals surface area contributed by atoms with Crippen molar-refractivity contribution in [2.24, 2.45) is 16.6 Å². The van der Waals surface area contributed by atoms with Crippen LogP contribution in [0.15, 0.2) is 18.5 Å². The first-order valence-corrected chi connectivity index (χ1v) is 14.1. The Bertz CT molecular complexity index is 1370. The number of esters is 3. The molecule has 5 N–H and O–H groups in total. The maximum Gasteiger partial charge on any atom is 0.415 e. The minimum atomic E-state index is -1.72. The maximum atomic E-state index is 12.6. The Morgan fingerprint density at radius 1 is 1.14 bits per heavy atom. The van der Waals surface area contributed by atoms with Crippen molar-refractivity contribution in [3.8, 4) is 0 Å². The summed E-state index contributed by atoms with van der Waals surface area (Å²) in [7, 11) is 1.52. The summed E-state index contributed by atoms with van der Waals surface area (Å²) in [5.41, 5.74) is 3.49. The van der Waals surface area contributed by atoms with E-state index in [1.54, 1.807) is 60.6 Å². The molecule has 2 aromatic rings. The van der Waals surface area contributed by atoms with Gasteiger partial charge in [0.15, 0.2) is 17.6 Å². The normalized spacial score (nSPS) is 22.7. The Kier molecular flexibility index (Phi) is 10.6. The molecule has 3 heterocycles. The molecule has 0 radical (unpaired) electrons. The second-order valence-corrected chi connectivity index (χ2v) is 12.3. The van der Waals surface area contributed by atoms with Crippen LogP contribution in [0.5, 0.6) is 0 Å². The molecule has 1 aliphatic rings. The molecule has 1 amide bonds.